The third-order valence-corrected chi connectivity index (χ3v) is 3.95. The number of likely N-dealkylation sites (tertiary alicyclic amines) is 1. The second kappa shape index (κ2) is 7.29. The summed E-state index contributed by atoms with van der Waals surface area (Å²) < 4.78 is 0. The Balaban J connectivity index is 1.82. The van der Waals surface area contributed by atoms with Gasteiger partial charge in [0.05, 0.1) is 0 Å². The van der Waals surface area contributed by atoms with Crippen LogP contribution in [0.1, 0.15) is 32.6 Å². The largest absolute Gasteiger partial charge is 0.383 e. The number of rotatable bonds is 5. The molecule has 1 amide bonds. The Morgan fingerprint density at radius 1 is 1.25 bits per heavy atom. The van der Waals surface area contributed by atoms with Gasteiger partial charge >= 0.3 is 0 Å². The lowest BCUT2D eigenvalue weighted by molar-refractivity contribution is -0.115. The Bertz CT molecular complexity index is 430. The number of carbonyl (C=O) groups is 1. The average molecular weight is 275 g/mol. The van der Waals surface area contributed by atoms with Gasteiger partial charge in [0.25, 0.3) is 0 Å². The van der Waals surface area contributed by atoms with Gasteiger partial charge in [0, 0.05) is 30.4 Å². The quantitative estimate of drug-likeness (QED) is 0.868. The molecule has 110 valence electrons. The number of amides is 1. The van der Waals surface area contributed by atoms with Crippen molar-refractivity contribution in [3.63, 3.8) is 0 Å². The third kappa shape index (κ3) is 4.23. The van der Waals surface area contributed by atoms with Crippen molar-refractivity contribution in [3.05, 3.63) is 24.3 Å². The lowest BCUT2D eigenvalue weighted by atomic mass is 10.0. The molecule has 2 N–H and O–H groups in total. The summed E-state index contributed by atoms with van der Waals surface area (Å²) >= 11 is 0. The number of nitrogens with one attached hydrogen (secondary N) is 2. The molecule has 1 atom stereocenters. The normalized spacial score (nSPS) is 19.6. The van der Waals surface area contributed by atoms with Crippen LogP contribution in [0.2, 0.25) is 0 Å². The SMILES string of the molecule is CCC(=O)Nc1ccc(NCC2CCCCN2C)cc1. The minimum absolute atomic E-state index is 0.0505. The number of anilines is 2. The molecule has 1 aliphatic rings. The van der Waals surface area contributed by atoms with Crippen LogP contribution in [-0.2, 0) is 4.79 Å². The first-order valence-corrected chi connectivity index (χ1v) is 7.53. The summed E-state index contributed by atoms with van der Waals surface area (Å²) in [6, 6.07) is 8.56. The van der Waals surface area contributed by atoms with Gasteiger partial charge in [-0.1, -0.05) is 13.3 Å². The number of hydrogen-bond donors (Lipinski definition) is 2. The fraction of sp³-hybridized carbons (Fsp3) is 0.562. The Kier molecular flexibility index (Phi) is 5.41. The van der Waals surface area contributed by atoms with E-state index in [1.165, 1.54) is 25.8 Å². The monoisotopic (exact) mass is 275 g/mol. The van der Waals surface area contributed by atoms with Crippen LogP contribution in [0, 0.1) is 0 Å². The predicted octanol–water partition coefficient (Wildman–Crippen LogP) is 2.93. The summed E-state index contributed by atoms with van der Waals surface area (Å²) in [5.41, 5.74) is 1.97. The summed E-state index contributed by atoms with van der Waals surface area (Å²) in [5.74, 6) is 0.0505. The Morgan fingerprint density at radius 3 is 2.60 bits per heavy atom. The van der Waals surface area contributed by atoms with Gasteiger partial charge in [-0.15, -0.1) is 0 Å². The van der Waals surface area contributed by atoms with Crippen LogP contribution in [0.15, 0.2) is 24.3 Å². The van der Waals surface area contributed by atoms with Crippen molar-refractivity contribution in [2.75, 3.05) is 30.8 Å². The topological polar surface area (TPSA) is 44.4 Å². The van der Waals surface area contributed by atoms with E-state index in [0.717, 1.165) is 17.9 Å². The highest BCUT2D eigenvalue weighted by molar-refractivity contribution is 5.90. The summed E-state index contributed by atoms with van der Waals surface area (Å²) in [4.78, 5) is 13.7. The first kappa shape index (κ1) is 14.9. The van der Waals surface area contributed by atoms with E-state index >= 15 is 0 Å². The van der Waals surface area contributed by atoms with Crippen molar-refractivity contribution in [2.45, 2.75) is 38.6 Å². The number of carbonyl (C=O) groups excluding carboxylic acids is 1. The molecule has 1 fully saturated rings. The van der Waals surface area contributed by atoms with Gasteiger partial charge in [0.15, 0.2) is 0 Å². The average Bonchev–Trinajstić information content (AvgIpc) is 2.48. The zero-order valence-corrected chi connectivity index (χ0v) is 12.5. The van der Waals surface area contributed by atoms with Crippen LogP contribution in [0.25, 0.3) is 0 Å². The maximum absolute atomic E-state index is 11.3. The van der Waals surface area contributed by atoms with E-state index in [9.17, 15) is 4.79 Å². The van der Waals surface area contributed by atoms with E-state index in [1.807, 2.05) is 31.2 Å². The van der Waals surface area contributed by atoms with E-state index in [0.29, 0.717) is 12.5 Å². The summed E-state index contributed by atoms with van der Waals surface area (Å²) in [7, 11) is 2.20. The number of nitrogens with zero attached hydrogens (tertiary/aromatic N) is 1. The van der Waals surface area contributed by atoms with Crippen LogP contribution in [0.5, 0.6) is 0 Å². The molecule has 0 spiro atoms. The molecule has 0 aliphatic carbocycles. The molecule has 2 rings (SSSR count). The number of hydrogen-bond acceptors (Lipinski definition) is 3. The second-order valence-corrected chi connectivity index (χ2v) is 5.49. The smallest absolute Gasteiger partial charge is 0.224 e. The van der Waals surface area contributed by atoms with E-state index in [4.69, 9.17) is 0 Å². The maximum Gasteiger partial charge on any atom is 0.224 e. The molecule has 0 aromatic heterocycles. The molecule has 0 bridgehead atoms. The van der Waals surface area contributed by atoms with Crippen molar-refractivity contribution in [2.24, 2.45) is 0 Å². The molecule has 0 saturated carbocycles. The van der Waals surface area contributed by atoms with Gasteiger partial charge in [0.1, 0.15) is 0 Å². The molecule has 4 nitrogen and oxygen atoms in total. The minimum atomic E-state index is 0.0505. The highest BCUT2D eigenvalue weighted by Gasteiger charge is 2.18. The summed E-state index contributed by atoms with van der Waals surface area (Å²) in [6.45, 7) is 4.04. The van der Waals surface area contributed by atoms with Crippen molar-refractivity contribution in [1.29, 1.82) is 0 Å². The molecular formula is C16H25N3O. The molecule has 1 unspecified atom stereocenters. The number of likely N-dealkylation sites (N-methyl/N-ethyl adjacent to an activating group) is 1. The first-order chi connectivity index (χ1) is 9.69. The van der Waals surface area contributed by atoms with Crippen LogP contribution in [-0.4, -0.2) is 37.0 Å². The molecule has 1 aliphatic heterocycles. The molecule has 1 saturated heterocycles. The van der Waals surface area contributed by atoms with Crippen molar-refractivity contribution < 1.29 is 4.79 Å². The van der Waals surface area contributed by atoms with Gasteiger partial charge in [-0.2, -0.15) is 0 Å². The van der Waals surface area contributed by atoms with Gasteiger partial charge in [-0.05, 0) is 50.7 Å². The number of benzene rings is 1. The highest BCUT2D eigenvalue weighted by atomic mass is 16.1. The fourth-order valence-electron chi connectivity index (χ4n) is 2.56. The number of piperidine rings is 1. The lowest BCUT2D eigenvalue weighted by Gasteiger charge is -2.32. The van der Waals surface area contributed by atoms with E-state index in [-0.39, 0.29) is 5.91 Å². The fourth-order valence-corrected chi connectivity index (χ4v) is 2.56. The maximum atomic E-state index is 11.3. The lowest BCUT2D eigenvalue weighted by Crippen LogP contribution is -2.40. The Labute approximate surface area is 121 Å². The Hall–Kier alpha value is -1.55. The first-order valence-electron chi connectivity index (χ1n) is 7.53. The van der Waals surface area contributed by atoms with E-state index < -0.39 is 0 Å². The second-order valence-electron chi connectivity index (χ2n) is 5.49. The minimum Gasteiger partial charge on any atom is -0.383 e. The molecule has 0 radical (unpaired) electrons. The standard InChI is InChI=1S/C16H25N3O/c1-3-16(20)18-14-9-7-13(8-10-14)17-12-15-6-4-5-11-19(15)2/h7-10,15,17H,3-6,11-12H2,1-2H3,(H,18,20). The van der Waals surface area contributed by atoms with Crippen LogP contribution < -0.4 is 10.6 Å². The molecule has 1 aromatic carbocycles. The Morgan fingerprint density at radius 2 is 1.95 bits per heavy atom. The van der Waals surface area contributed by atoms with Crippen LogP contribution in [0.4, 0.5) is 11.4 Å². The predicted molar refractivity (Wildman–Crippen MR) is 84.1 cm³/mol. The van der Waals surface area contributed by atoms with Crippen molar-refractivity contribution in [1.82, 2.24) is 4.90 Å². The van der Waals surface area contributed by atoms with E-state index in [1.54, 1.807) is 0 Å². The highest BCUT2D eigenvalue weighted by Crippen LogP contribution is 2.17. The molecular weight excluding hydrogens is 250 g/mol. The van der Waals surface area contributed by atoms with Gasteiger partial charge < -0.3 is 15.5 Å². The molecule has 20 heavy (non-hydrogen) atoms. The van der Waals surface area contributed by atoms with Gasteiger partial charge in [-0.25, -0.2) is 0 Å². The van der Waals surface area contributed by atoms with Crippen LogP contribution >= 0.6 is 0 Å². The summed E-state index contributed by atoms with van der Waals surface area (Å²) in [6.07, 6.45) is 4.43. The van der Waals surface area contributed by atoms with Gasteiger partial charge in [0.2, 0.25) is 5.91 Å². The molecule has 1 heterocycles. The molecule has 4 heteroatoms. The third-order valence-electron chi connectivity index (χ3n) is 3.95. The van der Waals surface area contributed by atoms with Gasteiger partial charge in [-0.3, -0.25) is 4.79 Å². The van der Waals surface area contributed by atoms with Crippen molar-refractivity contribution >= 4 is 17.3 Å². The molecule has 1 aromatic rings. The summed E-state index contributed by atoms with van der Waals surface area (Å²) in [5, 5.41) is 6.34. The van der Waals surface area contributed by atoms with E-state index in [2.05, 4.69) is 22.6 Å². The zero-order valence-electron chi connectivity index (χ0n) is 12.5. The zero-order chi connectivity index (χ0) is 14.4. The van der Waals surface area contributed by atoms with Crippen molar-refractivity contribution in [3.8, 4) is 0 Å². The van der Waals surface area contributed by atoms with Crippen LogP contribution in [0.3, 0.4) is 0 Å².